The molecule has 9 heteroatoms. The van der Waals surface area contributed by atoms with Gasteiger partial charge in [-0.05, 0) is 41.8 Å². The fraction of sp³-hybridized carbons (Fsp3) is 0.200. The van der Waals surface area contributed by atoms with Crippen LogP contribution in [0.5, 0.6) is 46.0 Å². The van der Waals surface area contributed by atoms with E-state index in [0.29, 0.717) is 27.8 Å². The van der Waals surface area contributed by atoms with Crippen LogP contribution < -0.4 is 9.47 Å². The van der Waals surface area contributed by atoms with Gasteiger partial charge in [0.25, 0.3) is 0 Å². The summed E-state index contributed by atoms with van der Waals surface area (Å²) in [7, 11) is 0. The molecule has 4 atom stereocenters. The Hall–Kier alpha value is -4.76. The average molecular weight is 531 g/mol. The van der Waals surface area contributed by atoms with E-state index in [1.165, 1.54) is 42.5 Å². The van der Waals surface area contributed by atoms with Crippen LogP contribution in [0.1, 0.15) is 45.9 Å². The molecule has 7 N–H and O–H groups in total. The molecule has 2 aliphatic rings. The fourth-order valence-electron chi connectivity index (χ4n) is 5.55. The van der Waals surface area contributed by atoms with Crippen molar-refractivity contribution in [3.63, 3.8) is 0 Å². The first kappa shape index (κ1) is 24.6. The molecule has 0 saturated carbocycles. The Balaban J connectivity index is 1.52. The van der Waals surface area contributed by atoms with Gasteiger partial charge in [-0.1, -0.05) is 24.3 Å². The van der Waals surface area contributed by atoms with Crippen LogP contribution in [0.4, 0.5) is 0 Å². The van der Waals surface area contributed by atoms with Crippen LogP contribution in [-0.4, -0.2) is 41.8 Å². The molecular formula is C30H26O9. The molecule has 200 valence electrons. The summed E-state index contributed by atoms with van der Waals surface area (Å²) in [4.78, 5) is 0. The second-order valence-electron chi connectivity index (χ2n) is 9.92. The van der Waals surface area contributed by atoms with E-state index in [1.54, 1.807) is 24.3 Å². The minimum Gasteiger partial charge on any atom is -0.508 e. The standard InChI is InChI=1S/C30H26O9/c31-16-5-1-14(2-6-16)28-21(11-19-22(34)9-18(33)10-26(19)38-28)27-24(36)13-23(35)20-12-25(37)29(39-30(20)27)15-3-7-17(32)8-4-15/h1-10,13,21,25,28-29,31-37H,11-12H2/t21-,25+,28-,29-/m1/s1. The number of phenolic OH excluding ortho intramolecular Hbond substituents is 6. The number of rotatable bonds is 3. The lowest BCUT2D eigenvalue weighted by molar-refractivity contribution is 0.0178. The number of phenols is 6. The molecule has 2 aliphatic heterocycles. The van der Waals surface area contributed by atoms with Crippen LogP contribution in [0, 0.1) is 0 Å². The number of aliphatic hydroxyl groups is 1. The molecule has 0 aromatic heterocycles. The SMILES string of the molecule is Oc1ccc([C@H]2Oc3cc(O)cc(O)c3C[C@@H]2c2c(O)cc(O)c3c2O[C@H](c2ccc(O)cc2)[C@@H](O)C3)cc1. The molecule has 0 aliphatic carbocycles. The third-order valence-electron chi connectivity index (χ3n) is 7.41. The highest BCUT2D eigenvalue weighted by molar-refractivity contribution is 5.62. The Morgan fingerprint density at radius 3 is 1.79 bits per heavy atom. The van der Waals surface area contributed by atoms with Crippen LogP contribution in [0.3, 0.4) is 0 Å². The highest BCUT2D eigenvalue weighted by Crippen LogP contribution is 2.55. The van der Waals surface area contributed by atoms with Crippen LogP contribution >= 0.6 is 0 Å². The molecule has 0 saturated heterocycles. The first-order valence-corrected chi connectivity index (χ1v) is 12.4. The summed E-state index contributed by atoms with van der Waals surface area (Å²) in [5.74, 6) is -0.920. The maximum Gasteiger partial charge on any atom is 0.150 e. The Bertz CT molecular complexity index is 1550. The molecule has 0 fully saturated rings. The monoisotopic (exact) mass is 530 g/mol. The van der Waals surface area contributed by atoms with E-state index in [-0.39, 0.29) is 58.8 Å². The molecule has 4 aromatic rings. The van der Waals surface area contributed by atoms with E-state index >= 15 is 0 Å². The number of benzene rings is 4. The molecule has 0 bridgehead atoms. The highest BCUT2D eigenvalue weighted by atomic mass is 16.5. The first-order valence-electron chi connectivity index (χ1n) is 12.4. The van der Waals surface area contributed by atoms with Gasteiger partial charge in [0.15, 0.2) is 0 Å². The molecule has 0 spiro atoms. The number of aliphatic hydroxyl groups excluding tert-OH is 1. The van der Waals surface area contributed by atoms with Gasteiger partial charge in [0.05, 0.1) is 6.10 Å². The Labute approximate surface area is 223 Å². The van der Waals surface area contributed by atoms with Gasteiger partial charge in [-0.15, -0.1) is 0 Å². The van der Waals surface area contributed by atoms with Gasteiger partial charge in [0.1, 0.15) is 58.2 Å². The molecular weight excluding hydrogens is 504 g/mol. The van der Waals surface area contributed by atoms with Gasteiger partial charge in [-0.2, -0.15) is 0 Å². The van der Waals surface area contributed by atoms with Crippen molar-refractivity contribution in [3.05, 3.63) is 94.5 Å². The number of fused-ring (bicyclic) bond motifs is 2. The first-order chi connectivity index (χ1) is 18.7. The zero-order chi connectivity index (χ0) is 27.4. The number of hydrogen-bond acceptors (Lipinski definition) is 9. The third-order valence-corrected chi connectivity index (χ3v) is 7.41. The van der Waals surface area contributed by atoms with E-state index in [2.05, 4.69) is 0 Å². The third kappa shape index (κ3) is 4.26. The largest absolute Gasteiger partial charge is 0.508 e. The minimum atomic E-state index is -1.02. The van der Waals surface area contributed by atoms with Crippen molar-refractivity contribution in [2.75, 3.05) is 0 Å². The van der Waals surface area contributed by atoms with Gasteiger partial charge < -0.3 is 45.2 Å². The van der Waals surface area contributed by atoms with Crippen LogP contribution in [0.25, 0.3) is 0 Å². The molecule has 9 nitrogen and oxygen atoms in total. The lowest BCUT2D eigenvalue weighted by Crippen LogP contribution is -2.32. The van der Waals surface area contributed by atoms with E-state index in [4.69, 9.17) is 9.47 Å². The lowest BCUT2D eigenvalue weighted by Gasteiger charge is -2.38. The predicted octanol–water partition coefficient (Wildman–Crippen LogP) is 4.42. The van der Waals surface area contributed by atoms with Crippen molar-refractivity contribution >= 4 is 0 Å². The maximum absolute atomic E-state index is 11.2. The maximum atomic E-state index is 11.2. The van der Waals surface area contributed by atoms with Crippen molar-refractivity contribution in [1.82, 2.24) is 0 Å². The summed E-state index contributed by atoms with van der Waals surface area (Å²) >= 11 is 0. The fourth-order valence-corrected chi connectivity index (χ4v) is 5.55. The molecule has 0 amide bonds. The van der Waals surface area contributed by atoms with Crippen molar-refractivity contribution in [2.45, 2.75) is 37.1 Å². The highest BCUT2D eigenvalue weighted by Gasteiger charge is 2.42. The molecule has 2 heterocycles. The predicted molar refractivity (Wildman–Crippen MR) is 139 cm³/mol. The molecule has 4 aromatic carbocycles. The number of hydrogen-bond donors (Lipinski definition) is 7. The van der Waals surface area contributed by atoms with Crippen LogP contribution in [0.15, 0.2) is 66.7 Å². The number of ether oxygens (including phenoxy) is 2. The van der Waals surface area contributed by atoms with Crippen LogP contribution in [0.2, 0.25) is 0 Å². The number of aromatic hydroxyl groups is 6. The Morgan fingerprint density at radius 1 is 0.564 bits per heavy atom. The zero-order valence-electron chi connectivity index (χ0n) is 20.5. The lowest BCUT2D eigenvalue weighted by atomic mass is 9.79. The molecule has 39 heavy (non-hydrogen) atoms. The van der Waals surface area contributed by atoms with E-state index in [0.717, 1.165) is 0 Å². The van der Waals surface area contributed by atoms with Gasteiger partial charge in [-0.3, -0.25) is 0 Å². The molecule has 0 unspecified atom stereocenters. The summed E-state index contributed by atoms with van der Waals surface area (Å²) in [5, 5.41) is 73.1. The minimum absolute atomic E-state index is 0.0349. The van der Waals surface area contributed by atoms with E-state index < -0.39 is 24.2 Å². The summed E-state index contributed by atoms with van der Waals surface area (Å²) < 4.78 is 12.6. The molecule has 6 rings (SSSR count). The topological polar surface area (TPSA) is 160 Å². The normalized spacial score (nSPS) is 21.8. The zero-order valence-corrected chi connectivity index (χ0v) is 20.5. The van der Waals surface area contributed by atoms with Gasteiger partial charge in [-0.25, -0.2) is 0 Å². The van der Waals surface area contributed by atoms with E-state index in [9.17, 15) is 35.7 Å². The summed E-state index contributed by atoms with van der Waals surface area (Å²) in [6.45, 7) is 0. The summed E-state index contributed by atoms with van der Waals surface area (Å²) in [5.41, 5.74) is 2.29. The molecule has 0 radical (unpaired) electrons. The van der Waals surface area contributed by atoms with Gasteiger partial charge >= 0.3 is 0 Å². The summed E-state index contributed by atoms with van der Waals surface area (Å²) in [6, 6.07) is 16.4. The van der Waals surface area contributed by atoms with Crippen molar-refractivity contribution in [2.24, 2.45) is 0 Å². The Kier molecular flexibility index (Phi) is 5.80. The van der Waals surface area contributed by atoms with Crippen molar-refractivity contribution in [3.8, 4) is 46.0 Å². The second-order valence-corrected chi connectivity index (χ2v) is 9.92. The quantitative estimate of drug-likeness (QED) is 0.203. The average Bonchev–Trinajstić information content (AvgIpc) is 2.90. The Morgan fingerprint density at radius 2 is 1.15 bits per heavy atom. The van der Waals surface area contributed by atoms with E-state index in [1.807, 2.05) is 0 Å². The van der Waals surface area contributed by atoms with Crippen LogP contribution in [-0.2, 0) is 12.8 Å². The smallest absolute Gasteiger partial charge is 0.150 e. The summed E-state index contributed by atoms with van der Waals surface area (Å²) in [6.07, 6.45) is -2.41. The second kappa shape index (κ2) is 9.21. The van der Waals surface area contributed by atoms with Crippen molar-refractivity contribution in [1.29, 1.82) is 0 Å². The van der Waals surface area contributed by atoms with Gasteiger partial charge in [0.2, 0.25) is 0 Å². The van der Waals surface area contributed by atoms with Crippen molar-refractivity contribution < 1.29 is 45.2 Å². The van der Waals surface area contributed by atoms with Gasteiger partial charge in [0, 0.05) is 47.2 Å².